The Morgan fingerprint density at radius 3 is 2.21 bits per heavy atom. The van der Waals surface area contributed by atoms with Gasteiger partial charge in [-0.1, -0.05) is 30.3 Å². The lowest BCUT2D eigenvalue weighted by Crippen LogP contribution is -2.52. The molecule has 0 unspecified atom stereocenters. The number of esters is 2. The highest BCUT2D eigenvalue weighted by molar-refractivity contribution is 5.92. The second kappa shape index (κ2) is 11.0. The van der Waals surface area contributed by atoms with Gasteiger partial charge in [0.2, 0.25) is 5.91 Å². The normalized spacial score (nSPS) is 12.9. The molecule has 2 amide bonds. The van der Waals surface area contributed by atoms with Crippen molar-refractivity contribution in [1.82, 2.24) is 10.6 Å². The number of methoxy groups -OCH3 is 1. The van der Waals surface area contributed by atoms with Gasteiger partial charge in [0, 0.05) is 0 Å². The van der Waals surface area contributed by atoms with Crippen LogP contribution in [0, 0.1) is 0 Å². The van der Waals surface area contributed by atoms with E-state index in [-0.39, 0.29) is 6.61 Å². The van der Waals surface area contributed by atoms with Crippen molar-refractivity contribution in [3.63, 3.8) is 0 Å². The van der Waals surface area contributed by atoms with Gasteiger partial charge in [0.25, 0.3) is 0 Å². The number of benzene rings is 1. The van der Waals surface area contributed by atoms with Gasteiger partial charge in [0.15, 0.2) is 0 Å². The highest BCUT2D eigenvalue weighted by Crippen LogP contribution is 2.08. The molecule has 0 aliphatic heterocycles. The summed E-state index contributed by atoms with van der Waals surface area (Å²) in [6.45, 7) is 6.43. The Bertz CT molecular complexity index is 713. The lowest BCUT2D eigenvalue weighted by atomic mass is 10.1. The zero-order valence-corrected chi connectivity index (χ0v) is 17.3. The van der Waals surface area contributed by atoms with Gasteiger partial charge in [-0.25, -0.2) is 9.59 Å². The summed E-state index contributed by atoms with van der Waals surface area (Å²) in [6.07, 6.45) is -1.31. The van der Waals surface area contributed by atoms with Crippen molar-refractivity contribution < 1.29 is 33.4 Å². The standard InChI is InChI=1S/C20H28N2O7/c1-13(18(25)27-5)21-17(24)15(22-19(26)29-20(2,3)4)11-16(23)28-12-14-9-7-6-8-10-14/h6-10,13,15H,11-12H2,1-5H3,(H,21,24)(H,22,26)/t13-,15+/m0/s1. The molecule has 2 N–H and O–H groups in total. The van der Waals surface area contributed by atoms with Crippen molar-refractivity contribution in [1.29, 1.82) is 0 Å². The third-order valence-corrected chi connectivity index (χ3v) is 3.53. The molecule has 0 saturated carbocycles. The molecule has 0 aromatic heterocycles. The van der Waals surface area contributed by atoms with Gasteiger partial charge < -0.3 is 24.8 Å². The number of hydrogen-bond donors (Lipinski definition) is 2. The fraction of sp³-hybridized carbons (Fsp3) is 0.500. The van der Waals surface area contributed by atoms with Crippen LogP contribution in [0.25, 0.3) is 0 Å². The fourth-order valence-corrected chi connectivity index (χ4v) is 2.17. The second-order valence-corrected chi connectivity index (χ2v) is 7.30. The molecule has 0 heterocycles. The van der Waals surface area contributed by atoms with Crippen molar-refractivity contribution >= 4 is 23.9 Å². The number of carbonyl (C=O) groups is 4. The Labute approximate surface area is 170 Å². The zero-order valence-electron chi connectivity index (χ0n) is 17.3. The largest absolute Gasteiger partial charge is 0.467 e. The Kier molecular flexibility index (Phi) is 9.11. The number of amides is 2. The highest BCUT2D eigenvalue weighted by atomic mass is 16.6. The van der Waals surface area contributed by atoms with E-state index in [9.17, 15) is 19.2 Å². The van der Waals surface area contributed by atoms with Crippen molar-refractivity contribution in [3.05, 3.63) is 35.9 Å². The molecule has 0 spiro atoms. The predicted octanol–water partition coefficient (Wildman–Crippen LogP) is 1.69. The third kappa shape index (κ3) is 9.59. The molecule has 2 atom stereocenters. The van der Waals surface area contributed by atoms with Gasteiger partial charge in [0.05, 0.1) is 13.5 Å². The predicted molar refractivity (Wildman–Crippen MR) is 104 cm³/mol. The number of carbonyl (C=O) groups excluding carboxylic acids is 4. The highest BCUT2D eigenvalue weighted by Gasteiger charge is 2.29. The molecular formula is C20H28N2O7. The maximum absolute atomic E-state index is 12.5. The van der Waals surface area contributed by atoms with E-state index in [2.05, 4.69) is 15.4 Å². The van der Waals surface area contributed by atoms with Gasteiger partial charge in [-0.15, -0.1) is 0 Å². The van der Waals surface area contributed by atoms with E-state index in [1.807, 2.05) is 6.07 Å². The van der Waals surface area contributed by atoms with Crippen molar-refractivity contribution in [3.8, 4) is 0 Å². The quantitative estimate of drug-likeness (QED) is 0.496. The Morgan fingerprint density at radius 2 is 1.66 bits per heavy atom. The van der Waals surface area contributed by atoms with Gasteiger partial charge in [-0.2, -0.15) is 0 Å². The minimum absolute atomic E-state index is 0.0268. The van der Waals surface area contributed by atoms with Gasteiger partial charge in [-0.3, -0.25) is 9.59 Å². The number of ether oxygens (including phenoxy) is 3. The molecule has 0 aliphatic rings. The molecule has 0 saturated heterocycles. The summed E-state index contributed by atoms with van der Waals surface area (Å²) in [5.41, 5.74) is -0.0145. The molecule has 0 bridgehead atoms. The molecule has 9 heteroatoms. The first kappa shape index (κ1) is 23.9. The Morgan fingerprint density at radius 1 is 1.03 bits per heavy atom. The molecule has 160 valence electrons. The molecule has 29 heavy (non-hydrogen) atoms. The van der Waals surface area contributed by atoms with Crippen LogP contribution in [-0.2, 0) is 35.2 Å². The van der Waals surface area contributed by atoms with Crippen LogP contribution in [0.1, 0.15) is 39.7 Å². The van der Waals surface area contributed by atoms with Crippen molar-refractivity contribution in [2.45, 2.75) is 58.4 Å². The summed E-state index contributed by atoms with van der Waals surface area (Å²) >= 11 is 0. The maximum atomic E-state index is 12.5. The first-order chi connectivity index (χ1) is 13.5. The van der Waals surface area contributed by atoms with Crippen LogP contribution in [0.5, 0.6) is 0 Å². The average molecular weight is 408 g/mol. The summed E-state index contributed by atoms with van der Waals surface area (Å²) in [5, 5.41) is 4.73. The van der Waals surface area contributed by atoms with E-state index in [1.54, 1.807) is 45.0 Å². The maximum Gasteiger partial charge on any atom is 0.408 e. The molecule has 0 aliphatic carbocycles. The number of nitrogens with one attached hydrogen (secondary N) is 2. The molecular weight excluding hydrogens is 380 g/mol. The minimum atomic E-state index is -1.29. The third-order valence-electron chi connectivity index (χ3n) is 3.53. The van der Waals surface area contributed by atoms with Gasteiger partial charge in [0.1, 0.15) is 24.3 Å². The first-order valence-corrected chi connectivity index (χ1v) is 9.09. The SMILES string of the molecule is COC(=O)[C@H](C)NC(=O)[C@@H](CC(=O)OCc1ccccc1)NC(=O)OC(C)(C)C. The van der Waals surface area contributed by atoms with Gasteiger partial charge in [-0.05, 0) is 33.3 Å². The second-order valence-electron chi connectivity index (χ2n) is 7.30. The van der Waals surface area contributed by atoms with Crippen LogP contribution < -0.4 is 10.6 Å². The lowest BCUT2D eigenvalue weighted by Gasteiger charge is -2.23. The summed E-state index contributed by atoms with van der Waals surface area (Å²) in [4.78, 5) is 48.2. The molecule has 1 aromatic carbocycles. The number of alkyl carbamates (subject to hydrolysis) is 1. The lowest BCUT2D eigenvalue weighted by molar-refractivity contribution is -0.147. The zero-order chi connectivity index (χ0) is 22.0. The molecule has 1 aromatic rings. The summed E-state index contributed by atoms with van der Waals surface area (Å²) < 4.78 is 14.8. The molecule has 0 fully saturated rings. The van der Waals surface area contributed by atoms with Crippen LogP contribution in [-0.4, -0.2) is 48.7 Å². The van der Waals surface area contributed by atoms with Crippen LogP contribution in [0.3, 0.4) is 0 Å². The molecule has 9 nitrogen and oxygen atoms in total. The van der Waals surface area contributed by atoms with E-state index in [0.29, 0.717) is 0 Å². The van der Waals surface area contributed by atoms with Crippen LogP contribution >= 0.6 is 0 Å². The topological polar surface area (TPSA) is 120 Å². The average Bonchev–Trinajstić information content (AvgIpc) is 2.64. The Hall–Kier alpha value is -3.10. The van der Waals surface area contributed by atoms with Crippen LogP contribution in [0.15, 0.2) is 30.3 Å². The van der Waals surface area contributed by atoms with E-state index in [0.717, 1.165) is 5.56 Å². The first-order valence-electron chi connectivity index (χ1n) is 9.09. The monoisotopic (exact) mass is 408 g/mol. The smallest absolute Gasteiger partial charge is 0.408 e. The fourth-order valence-electron chi connectivity index (χ4n) is 2.17. The molecule has 0 radical (unpaired) electrons. The number of hydrogen-bond acceptors (Lipinski definition) is 7. The van der Waals surface area contributed by atoms with E-state index in [1.165, 1.54) is 14.0 Å². The van der Waals surface area contributed by atoms with Crippen LogP contribution in [0.2, 0.25) is 0 Å². The van der Waals surface area contributed by atoms with E-state index in [4.69, 9.17) is 9.47 Å². The van der Waals surface area contributed by atoms with Crippen LogP contribution in [0.4, 0.5) is 4.79 Å². The molecule has 1 rings (SSSR count). The Balaban J connectivity index is 2.77. The minimum Gasteiger partial charge on any atom is -0.467 e. The van der Waals surface area contributed by atoms with E-state index < -0.39 is 48.0 Å². The summed E-state index contributed by atoms with van der Waals surface area (Å²) in [6, 6.07) is 6.76. The number of rotatable bonds is 8. The van der Waals surface area contributed by atoms with Crippen molar-refractivity contribution in [2.75, 3.05) is 7.11 Å². The van der Waals surface area contributed by atoms with E-state index >= 15 is 0 Å². The van der Waals surface area contributed by atoms with Crippen molar-refractivity contribution in [2.24, 2.45) is 0 Å². The summed E-state index contributed by atoms with van der Waals surface area (Å²) in [7, 11) is 1.18. The summed E-state index contributed by atoms with van der Waals surface area (Å²) in [5.74, 6) is -2.11. The van der Waals surface area contributed by atoms with Gasteiger partial charge >= 0.3 is 18.0 Å².